The van der Waals surface area contributed by atoms with E-state index in [1.165, 1.54) is 17.3 Å². The van der Waals surface area contributed by atoms with Gasteiger partial charge in [-0.25, -0.2) is 18.3 Å². The molecule has 4 heterocycles. The number of nitrogens with zero attached hydrogens (tertiary/aromatic N) is 5. The highest BCUT2D eigenvalue weighted by molar-refractivity contribution is 5.74. The lowest BCUT2D eigenvalue weighted by molar-refractivity contribution is 0.231. The second-order valence-corrected chi connectivity index (χ2v) is 8.65. The van der Waals surface area contributed by atoms with Crippen LogP contribution in [0.3, 0.4) is 0 Å². The minimum Gasteiger partial charge on any atom is -0.355 e. The van der Waals surface area contributed by atoms with Crippen molar-refractivity contribution in [1.29, 1.82) is 0 Å². The molecule has 0 unspecified atom stereocenters. The average Bonchev–Trinajstić information content (AvgIpc) is 3.41. The number of fused-ring (bicyclic) bond motifs is 2. The molecule has 156 valence electrons. The molecule has 0 saturated carbocycles. The molecule has 0 atom stereocenters. The molecule has 1 fully saturated rings. The number of benzene rings is 1. The van der Waals surface area contributed by atoms with Crippen molar-refractivity contribution >= 4 is 11.3 Å². The third-order valence-electron chi connectivity index (χ3n) is 6.85. The van der Waals surface area contributed by atoms with Gasteiger partial charge in [-0.15, -0.1) is 0 Å². The van der Waals surface area contributed by atoms with Crippen LogP contribution in [-0.4, -0.2) is 32.7 Å². The van der Waals surface area contributed by atoms with Gasteiger partial charge in [0.1, 0.15) is 5.52 Å². The van der Waals surface area contributed by atoms with E-state index in [9.17, 15) is 8.78 Å². The maximum atomic E-state index is 14.4. The number of hydrogen-bond acceptors (Lipinski definition) is 4. The van der Waals surface area contributed by atoms with Crippen molar-refractivity contribution in [3.8, 4) is 11.3 Å². The van der Waals surface area contributed by atoms with Crippen LogP contribution in [0.25, 0.3) is 16.8 Å². The van der Waals surface area contributed by atoms with Crippen LogP contribution in [-0.2, 0) is 12.8 Å². The van der Waals surface area contributed by atoms with Crippen molar-refractivity contribution in [2.75, 3.05) is 18.0 Å². The molecule has 1 aromatic carbocycles. The van der Waals surface area contributed by atoms with Crippen LogP contribution < -0.4 is 4.90 Å². The highest BCUT2D eigenvalue weighted by atomic mass is 19.2. The first-order valence-electron chi connectivity index (χ1n) is 10.6. The average molecular weight is 417 g/mol. The number of aromatic nitrogens is 4. The van der Waals surface area contributed by atoms with Crippen LogP contribution in [0.5, 0.6) is 0 Å². The Morgan fingerprint density at radius 1 is 0.903 bits per heavy atom. The fourth-order valence-corrected chi connectivity index (χ4v) is 5.20. The Kier molecular flexibility index (Phi) is 4.06. The quantitative estimate of drug-likeness (QED) is 0.483. The summed E-state index contributed by atoms with van der Waals surface area (Å²) in [5.41, 5.74) is 4.30. The summed E-state index contributed by atoms with van der Waals surface area (Å²) in [6.45, 7) is 1.80. The second-order valence-electron chi connectivity index (χ2n) is 8.65. The van der Waals surface area contributed by atoms with E-state index >= 15 is 0 Å². The molecular formula is C24H21F2N5. The molecule has 5 nitrogen and oxygen atoms in total. The van der Waals surface area contributed by atoms with Crippen molar-refractivity contribution in [1.82, 2.24) is 19.6 Å². The van der Waals surface area contributed by atoms with E-state index in [-0.39, 0.29) is 11.0 Å². The highest BCUT2D eigenvalue weighted by Crippen LogP contribution is 2.44. The summed E-state index contributed by atoms with van der Waals surface area (Å²) in [4.78, 5) is 11.5. The Labute approximate surface area is 178 Å². The molecule has 1 aliphatic carbocycles. The lowest BCUT2D eigenvalue weighted by Crippen LogP contribution is -2.41. The van der Waals surface area contributed by atoms with Crippen molar-refractivity contribution in [3.05, 3.63) is 77.9 Å². The van der Waals surface area contributed by atoms with E-state index in [0.717, 1.165) is 56.2 Å². The monoisotopic (exact) mass is 417 g/mol. The lowest BCUT2D eigenvalue weighted by atomic mass is 9.76. The minimum atomic E-state index is -0.886. The normalized spacial score (nSPS) is 17.4. The third-order valence-corrected chi connectivity index (χ3v) is 6.85. The van der Waals surface area contributed by atoms with Crippen LogP contribution in [0.4, 0.5) is 14.6 Å². The second kappa shape index (κ2) is 6.83. The van der Waals surface area contributed by atoms with Crippen molar-refractivity contribution in [2.24, 2.45) is 5.41 Å². The van der Waals surface area contributed by atoms with Crippen LogP contribution in [0.2, 0.25) is 0 Å². The number of pyridine rings is 1. The Morgan fingerprint density at radius 3 is 2.61 bits per heavy atom. The number of halogens is 2. The van der Waals surface area contributed by atoms with Gasteiger partial charge in [-0.3, -0.25) is 4.98 Å². The molecule has 1 spiro atoms. The number of rotatable bonds is 2. The van der Waals surface area contributed by atoms with E-state index in [1.807, 2.05) is 18.3 Å². The van der Waals surface area contributed by atoms with Gasteiger partial charge in [-0.05, 0) is 60.9 Å². The Morgan fingerprint density at radius 2 is 1.77 bits per heavy atom. The van der Waals surface area contributed by atoms with E-state index < -0.39 is 11.6 Å². The van der Waals surface area contributed by atoms with Crippen LogP contribution >= 0.6 is 0 Å². The predicted molar refractivity (Wildman–Crippen MR) is 114 cm³/mol. The van der Waals surface area contributed by atoms with Gasteiger partial charge < -0.3 is 4.90 Å². The Balaban J connectivity index is 1.30. The zero-order valence-electron chi connectivity index (χ0n) is 16.9. The molecule has 0 radical (unpaired) electrons. The van der Waals surface area contributed by atoms with E-state index in [2.05, 4.69) is 26.0 Å². The number of piperidine rings is 1. The molecule has 0 N–H and O–H groups in total. The van der Waals surface area contributed by atoms with Gasteiger partial charge in [-0.1, -0.05) is 12.1 Å². The maximum Gasteiger partial charge on any atom is 0.168 e. The van der Waals surface area contributed by atoms with Gasteiger partial charge in [0.2, 0.25) is 0 Å². The van der Waals surface area contributed by atoms with Crippen molar-refractivity contribution in [3.63, 3.8) is 0 Å². The summed E-state index contributed by atoms with van der Waals surface area (Å²) >= 11 is 0. The fraction of sp³-hybridized carbons (Fsp3) is 0.292. The summed E-state index contributed by atoms with van der Waals surface area (Å²) in [6.07, 6.45) is 9.44. The van der Waals surface area contributed by atoms with Crippen molar-refractivity contribution < 1.29 is 8.78 Å². The van der Waals surface area contributed by atoms with Gasteiger partial charge in [-0.2, -0.15) is 5.10 Å². The lowest BCUT2D eigenvalue weighted by Gasteiger charge is -2.40. The zero-order valence-corrected chi connectivity index (χ0v) is 16.9. The van der Waals surface area contributed by atoms with Gasteiger partial charge >= 0.3 is 0 Å². The molecule has 4 aromatic rings. The predicted octanol–water partition coefficient (Wildman–Crippen LogP) is 4.45. The topological polar surface area (TPSA) is 46.3 Å². The summed E-state index contributed by atoms with van der Waals surface area (Å²) < 4.78 is 29.8. The van der Waals surface area contributed by atoms with Crippen LogP contribution in [0.1, 0.15) is 24.1 Å². The third kappa shape index (κ3) is 2.91. The van der Waals surface area contributed by atoms with Gasteiger partial charge in [0, 0.05) is 30.5 Å². The molecule has 1 saturated heterocycles. The molecule has 31 heavy (non-hydrogen) atoms. The van der Waals surface area contributed by atoms with E-state index in [0.29, 0.717) is 5.69 Å². The van der Waals surface area contributed by atoms with Gasteiger partial charge in [0.05, 0.1) is 18.1 Å². The molecule has 3 aromatic heterocycles. The molecular weight excluding hydrogens is 396 g/mol. The Bertz CT molecular complexity index is 1260. The fourth-order valence-electron chi connectivity index (χ4n) is 5.20. The first-order valence-corrected chi connectivity index (χ1v) is 10.6. The maximum absolute atomic E-state index is 14.4. The SMILES string of the molecule is Fc1cccc(-c2cnc(N3CCC4(CC3)Cc3cccnc3C4)c3ccnn23)c1F. The number of anilines is 1. The summed E-state index contributed by atoms with van der Waals surface area (Å²) in [7, 11) is 0. The molecule has 6 rings (SSSR count). The summed E-state index contributed by atoms with van der Waals surface area (Å²) in [5, 5.41) is 4.37. The number of hydrogen-bond donors (Lipinski definition) is 0. The van der Waals surface area contributed by atoms with Crippen LogP contribution in [0, 0.1) is 17.0 Å². The van der Waals surface area contributed by atoms with E-state index in [1.54, 1.807) is 23.0 Å². The van der Waals surface area contributed by atoms with Gasteiger partial charge in [0.25, 0.3) is 0 Å². The molecule has 7 heteroatoms. The zero-order chi connectivity index (χ0) is 21.0. The van der Waals surface area contributed by atoms with Crippen molar-refractivity contribution in [2.45, 2.75) is 25.7 Å². The minimum absolute atomic E-state index is 0.154. The first-order chi connectivity index (χ1) is 15.1. The molecule has 1 aliphatic heterocycles. The first kappa shape index (κ1) is 18.4. The molecule has 2 aliphatic rings. The van der Waals surface area contributed by atoms with E-state index in [4.69, 9.17) is 0 Å². The standard InChI is InChI=1S/C24H21F2N5/c25-18-5-1-4-17(22(18)26)21-15-28-23(20-6-10-29-31(20)21)30-11-7-24(8-12-30)13-16-3-2-9-27-19(16)14-24/h1-6,9-10,15H,7-8,11-14H2. The highest BCUT2D eigenvalue weighted by Gasteiger charge is 2.40. The summed E-state index contributed by atoms with van der Waals surface area (Å²) in [6, 6.07) is 10.3. The largest absolute Gasteiger partial charge is 0.355 e. The molecule has 0 amide bonds. The Hall–Kier alpha value is -3.35. The summed E-state index contributed by atoms with van der Waals surface area (Å²) in [5.74, 6) is -0.931. The van der Waals surface area contributed by atoms with Crippen LogP contribution in [0.15, 0.2) is 55.0 Å². The smallest absolute Gasteiger partial charge is 0.168 e. The molecule has 0 bridgehead atoms. The van der Waals surface area contributed by atoms with Gasteiger partial charge in [0.15, 0.2) is 17.5 Å².